The zero-order valence-electron chi connectivity index (χ0n) is 13.2. The molecule has 4 aliphatic rings. The molecular weight excluding hydrogens is 284 g/mol. The Hall–Kier alpha value is -2.08. The molecule has 23 heavy (non-hydrogen) atoms. The van der Waals surface area contributed by atoms with Crippen LogP contribution in [-0.2, 0) is 0 Å². The van der Waals surface area contributed by atoms with Crippen LogP contribution in [0.3, 0.4) is 0 Å². The average Bonchev–Trinajstić information content (AvgIpc) is 3.41. The molecule has 2 unspecified atom stereocenters. The molecule has 0 aromatic heterocycles. The molecule has 4 nitrogen and oxygen atoms in total. The van der Waals surface area contributed by atoms with E-state index in [0.717, 1.165) is 31.1 Å². The van der Waals surface area contributed by atoms with Crippen LogP contribution in [0.25, 0.3) is 0 Å². The molecule has 0 heterocycles. The predicted molar refractivity (Wildman–Crippen MR) is 82.8 cm³/mol. The van der Waals surface area contributed by atoms with Crippen LogP contribution in [0.15, 0.2) is 5.57 Å². The van der Waals surface area contributed by atoms with Gasteiger partial charge in [-0.05, 0) is 85.8 Å². The fourth-order valence-corrected chi connectivity index (χ4v) is 6.02. The average molecular weight is 304 g/mol. The first-order chi connectivity index (χ1) is 11.1. The number of hydrogen-bond donors (Lipinski definition) is 1. The van der Waals surface area contributed by atoms with Gasteiger partial charge in [-0.15, -0.1) is 0 Å². The number of hydrogen-bond acceptors (Lipinski definition) is 4. The van der Waals surface area contributed by atoms with Gasteiger partial charge in [-0.25, -0.2) is 0 Å². The van der Waals surface area contributed by atoms with Crippen molar-refractivity contribution in [3.63, 3.8) is 0 Å². The van der Waals surface area contributed by atoms with Gasteiger partial charge in [0.05, 0.1) is 12.1 Å². The summed E-state index contributed by atoms with van der Waals surface area (Å²) in [5.41, 5.74) is -0.753. The van der Waals surface area contributed by atoms with Gasteiger partial charge in [-0.2, -0.15) is 15.8 Å². The largest absolute Gasteiger partial charge is 0.258 e. The van der Waals surface area contributed by atoms with Gasteiger partial charge in [0.25, 0.3) is 0 Å². The third-order valence-corrected chi connectivity index (χ3v) is 7.31. The summed E-state index contributed by atoms with van der Waals surface area (Å²) in [6.07, 6.45) is 9.50. The van der Waals surface area contributed by atoms with Gasteiger partial charge in [-0.3, -0.25) is 5.41 Å². The summed E-state index contributed by atoms with van der Waals surface area (Å²) in [6.45, 7) is 0. The number of nitrogens with one attached hydrogen (secondary N) is 1. The number of rotatable bonds is 4. The first-order valence-electron chi connectivity index (χ1n) is 8.65. The lowest BCUT2D eigenvalue weighted by Gasteiger charge is -2.26. The molecule has 116 valence electrons. The van der Waals surface area contributed by atoms with Crippen LogP contribution < -0.4 is 0 Å². The van der Waals surface area contributed by atoms with Crippen LogP contribution in [0.2, 0.25) is 0 Å². The summed E-state index contributed by atoms with van der Waals surface area (Å²) in [5.74, 6) is 3.70. The van der Waals surface area contributed by atoms with E-state index in [-0.39, 0.29) is 11.5 Å². The SMILES string of the molecule is N#CC(=C=N)C(C#N)(C#N)C1CCC2(C1)CC2(C1CC1)C1CC1. The maximum absolute atomic E-state index is 9.67. The van der Waals surface area contributed by atoms with Crippen molar-refractivity contribution in [1.82, 2.24) is 0 Å². The van der Waals surface area contributed by atoms with Crippen molar-refractivity contribution in [2.24, 2.45) is 34.0 Å². The minimum absolute atomic E-state index is 0.103. The van der Waals surface area contributed by atoms with Crippen LogP contribution in [0, 0.1) is 73.4 Å². The standard InChI is InChI=1S/C19H20N4/c20-8-16(9-21)18(11-22,12-23)15-5-6-17(7-15)10-19(17,13-1-2-13)14-3-4-14/h13-15,20H,1-7,10H2. The highest BCUT2D eigenvalue weighted by atomic mass is 14.8. The Kier molecular flexibility index (Phi) is 2.82. The lowest BCUT2D eigenvalue weighted by Crippen LogP contribution is -2.29. The summed E-state index contributed by atoms with van der Waals surface area (Å²) in [6, 6.07) is 6.06. The van der Waals surface area contributed by atoms with E-state index in [0.29, 0.717) is 10.8 Å². The smallest absolute Gasteiger partial charge is 0.189 e. The Labute approximate surface area is 136 Å². The van der Waals surface area contributed by atoms with Crippen molar-refractivity contribution in [3.8, 4) is 18.2 Å². The van der Waals surface area contributed by atoms with Gasteiger partial charge in [0.1, 0.15) is 11.6 Å². The maximum Gasteiger partial charge on any atom is 0.189 e. The van der Waals surface area contributed by atoms with E-state index in [1.807, 2.05) is 6.07 Å². The molecule has 4 rings (SSSR count). The van der Waals surface area contributed by atoms with Gasteiger partial charge in [0, 0.05) is 0 Å². The number of allylic oxidation sites excluding steroid dienone is 1. The molecule has 0 saturated heterocycles. The van der Waals surface area contributed by atoms with Gasteiger partial charge < -0.3 is 0 Å². The van der Waals surface area contributed by atoms with E-state index in [1.165, 1.54) is 32.1 Å². The normalized spacial score (nSPS) is 34.0. The second kappa shape index (κ2) is 4.47. The minimum Gasteiger partial charge on any atom is -0.258 e. The van der Waals surface area contributed by atoms with Gasteiger partial charge in [-0.1, -0.05) is 0 Å². The van der Waals surface area contributed by atoms with E-state index >= 15 is 0 Å². The zero-order chi connectivity index (χ0) is 16.3. The van der Waals surface area contributed by atoms with Gasteiger partial charge in [0.2, 0.25) is 0 Å². The van der Waals surface area contributed by atoms with Crippen molar-refractivity contribution in [1.29, 1.82) is 21.2 Å². The topological polar surface area (TPSA) is 95.2 Å². The van der Waals surface area contributed by atoms with Crippen molar-refractivity contribution >= 4 is 5.87 Å². The van der Waals surface area contributed by atoms with Gasteiger partial charge in [0.15, 0.2) is 5.41 Å². The maximum atomic E-state index is 9.67. The molecule has 4 heteroatoms. The first kappa shape index (κ1) is 14.5. The lowest BCUT2D eigenvalue weighted by atomic mass is 9.70. The van der Waals surface area contributed by atoms with Crippen molar-refractivity contribution in [3.05, 3.63) is 5.57 Å². The van der Waals surface area contributed by atoms with Crippen LogP contribution in [-0.4, -0.2) is 5.87 Å². The Bertz CT molecular complexity index is 705. The molecule has 2 atom stereocenters. The molecular formula is C19H20N4. The lowest BCUT2D eigenvalue weighted by molar-refractivity contribution is 0.246. The fraction of sp³-hybridized carbons (Fsp3) is 0.737. The van der Waals surface area contributed by atoms with Crippen molar-refractivity contribution in [2.75, 3.05) is 0 Å². The zero-order valence-corrected chi connectivity index (χ0v) is 13.2. The summed E-state index contributed by atoms with van der Waals surface area (Å²) >= 11 is 0. The van der Waals surface area contributed by atoms with E-state index in [2.05, 4.69) is 18.0 Å². The molecule has 4 aliphatic carbocycles. The summed E-state index contributed by atoms with van der Waals surface area (Å²) in [4.78, 5) is 0. The summed E-state index contributed by atoms with van der Waals surface area (Å²) < 4.78 is 0. The Balaban J connectivity index is 1.64. The Morgan fingerprint density at radius 3 is 2.04 bits per heavy atom. The molecule has 4 saturated carbocycles. The third-order valence-electron chi connectivity index (χ3n) is 7.31. The molecule has 4 fully saturated rings. The van der Waals surface area contributed by atoms with Crippen LogP contribution in [0.4, 0.5) is 0 Å². The quantitative estimate of drug-likeness (QED) is 0.633. The highest BCUT2D eigenvalue weighted by molar-refractivity contribution is 5.67. The number of nitrogens with zero attached hydrogens (tertiary/aromatic N) is 3. The Morgan fingerprint density at radius 2 is 1.61 bits per heavy atom. The van der Waals surface area contributed by atoms with Crippen LogP contribution >= 0.6 is 0 Å². The van der Waals surface area contributed by atoms with Crippen LogP contribution in [0.1, 0.15) is 51.4 Å². The molecule has 1 spiro atoms. The molecule has 0 bridgehead atoms. The molecule has 0 aliphatic heterocycles. The predicted octanol–water partition coefficient (Wildman–Crippen LogP) is 3.72. The monoisotopic (exact) mass is 304 g/mol. The molecule has 0 aromatic rings. The van der Waals surface area contributed by atoms with Crippen molar-refractivity contribution in [2.45, 2.75) is 51.4 Å². The van der Waals surface area contributed by atoms with E-state index in [1.54, 1.807) is 0 Å². The minimum atomic E-state index is -1.47. The van der Waals surface area contributed by atoms with E-state index in [9.17, 15) is 15.8 Å². The van der Waals surface area contributed by atoms with Crippen LogP contribution in [0.5, 0.6) is 0 Å². The third kappa shape index (κ3) is 1.67. The molecule has 0 amide bonds. The first-order valence-corrected chi connectivity index (χ1v) is 8.65. The second-order valence-corrected chi connectivity index (χ2v) is 8.13. The highest BCUT2D eigenvalue weighted by Crippen LogP contribution is 2.85. The summed E-state index contributed by atoms with van der Waals surface area (Å²) in [5, 5.41) is 35.9. The fourth-order valence-electron chi connectivity index (χ4n) is 6.02. The Morgan fingerprint density at radius 1 is 1.00 bits per heavy atom. The van der Waals surface area contributed by atoms with Crippen molar-refractivity contribution < 1.29 is 0 Å². The molecule has 1 N–H and O–H groups in total. The second-order valence-electron chi connectivity index (χ2n) is 8.13. The highest BCUT2D eigenvalue weighted by Gasteiger charge is 2.78. The summed E-state index contributed by atoms with van der Waals surface area (Å²) in [7, 11) is 0. The van der Waals surface area contributed by atoms with E-state index < -0.39 is 5.41 Å². The van der Waals surface area contributed by atoms with E-state index in [4.69, 9.17) is 5.41 Å². The van der Waals surface area contributed by atoms with Gasteiger partial charge >= 0.3 is 0 Å². The molecule has 0 aromatic carbocycles. The molecule has 0 radical (unpaired) electrons. The number of nitriles is 3.